The van der Waals surface area contributed by atoms with Gasteiger partial charge in [-0.25, -0.2) is 4.79 Å². The molecule has 1 atom stereocenters. The molecule has 6 N–H and O–H groups in total. The summed E-state index contributed by atoms with van der Waals surface area (Å²) in [5.41, 5.74) is 10.3. The van der Waals surface area contributed by atoms with Gasteiger partial charge in [0.25, 0.3) is 0 Å². The van der Waals surface area contributed by atoms with Gasteiger partial charge in [-0.1, -0.05) is 18.2 Å². The molecule has 0 fully saturated rings. The number of hydrogen-bond acceptors (Lipinski definition) is 8. The monoisotopic (exact) mass is 527 g/mol. The first-order chi connectivity index (χ1) is 17.8. The van der Waals surface area contributed by atoms with E-state index < -0.39 is 6.09 Å². The Kier molecular flexibility index (Phi) is 10.4. The Morgan fingerprint density at radius 2 is 2.08 bits per heavy atom. The number of thiophene rings is 1. The molecule has 1 unspecified atom stereocenters. The van der Waals surface area contributed by atoms with Gasteiger partial charge in [0.1, 0.15) is 10.8 Å². The zero-order valence-corrected chi connectivity index (χ0v) is 22.6. The lowest BCUT2D eigenvalue weighted by atomic mass is 9.89. The van der Waals surface area contributed by atoms with Crippen LogP contribution >= 0.6 is 11.3 Å². The third kappa shape index (κ3) is 8.24. The number of nitrogens with two attached hydrogens (primary N) is 1. The fourth-order valence-corrected chi connectivity index (χ4v) is 5.54. The number of hydrogen-bond donors (Lipinski definition) is 5. The first-order valence-electron chi connectivity index (χ1n) is 12.5. The second-order valence-corrected chi connectivity index (χ2v) is 10.1. The molecule has 1 aliphatic carbocycles. The maximum atomic E-state index is 12.7. The van der Waals surface area contributed by atoms with Gasteiger partial charge < -0.3 is 36.6 Å². The minimum atomic E-state index is -0.487. The quantitative estimate of drug-likeness (QED) is 0.261. The Labute approximate surface area is 222 Å². The smallest absolute Gasteiger partial charge is 0.407 e. The number of carbonyl (C=O) groups excluding carboxylic acids is 2. The number of nitrogens with one attached hydrogen (secondary N) is 4. The number of fused-ring (bicyclic) bond motifs is 1. The fourth-order valence-electron chi connectivity index (χ4n) is 4.24. The molecule has 0 aliphatic heterocycles. The van der Waals surface area contributed by atoms with Crippen molar-refractivity contribution in [2.24, 2.45) is 5.92 Å². The van der Waals surface area contributed by atoms with Gasteiger partial charge in [-0.15, -0.1) is 11.3 Å². The van der Waals surface area contributed by atoms with Gasteiger partial charge in [-0.05, 0) is 68.7 Å². The van der Waals surface area contributed by atoms with Crippen LogP contribution in [-0.4, -0.2) is 44.5 Å². The van der Waals surface area contributed by atoms with E-state index in [-0.39, 0.29) is 18.4 Å². The molecular formula is C27H37N5O4S. The molecule has 3 rings (SSSR count). The molecule has 0 spiro atoms. The van der Waals surface area contributed by atoms with Gasteiger partial charge in [0.05, 0.1) is 25.4 Å². The number of nitrogen functional groups attached to an aromatic ring is 1. The summed E-state index contributed by atoms with van der Waals surface area (Å²) in [4.78, 5) is 25.9. The van der Waals surface area contributed by atoms with E-state index in [0.29, 0.717) is 42.5 Å². The minimum Gasteiger partial charge on any atom is -0.494 e. The van der Waals surface area contributed by atoms with Crippen LogP contribution in [0.25, 0.3) is 0 Å². The highest BCUT2D eigenvalue weighted by molar-refractivity contribution is 7.17. The molecular weight excluding hydrogens is 490 g/mol. The van der Waals surface area contributed by atoms with Crippen LogP contribution in [0, 0.1) is 11.3 Å². The average Bonchev–Trinajstić information content (AvgIpc) is 3.18. The van der Waals surface area contributed by atoms with Crippen molar-refractivity contribution in [3.63, 3.8) is 0 Å². The summed E-state index contributed by atoms with van der Waals surface area (Å²) in [7, 11) is 1.74. The maximum absolute atomic E-state index is 12.7. The van der Waals surface area contributed by atoms with E-state index in [1.54, 1.807) is 20.0 Å². The number of carbonyl (C=O) groups is 2. The summed E-state index contributed by atoms with van der Waals surface area (Å²) in [6.07, 6.45) is 4.49. The van der Waals surface area contributed by atoms with E-state index in [9.17, 15) is 9.59 Å². The van der Waals surface area contributed by atoms with Crippen LogP contribution in [0.5, 0.6) is 5.75 Å². The first kappa shape index (κ1) is 28.0. The molecule has 2 amide bonds. The lowest BCUT2D eigenvalue weighted by molar-refractivity contribution is -0.116. The summed E-state index contributed by atoms with van der Waals surface area (Å²) in [6, 6.07) is 7.77. The third-order valence-corrected chi connectivity index (χ3v) is 7.33. The van der Waals surface area contributed by atoms with Gasteiger partial charge >= 0.3 is 6.09 Å². The van der Waals surface area contributed by atoms with Gasteiger partial charge in [-0.3, -0.25) is 4.79 Å². The van der Waals surface area contributed by atoms with Crippen molar-refractivity contribution in [2.75, 3.05) is 37.9 Å². The van der Waals surface area contributed by atoms with E-state index in [1.807, 2.05) is 31.2 Å². The van der Waals surface area contributed by atoms with Crippen molar-refractivity contribution in [1.29, 1.82) is 5.41 Å². The summed E-state index contributed by atoms with van der Waals surface area (Å²) in [5, 5.41) is 16.9. The van der Waals surface area contributed by atoms with E-state index in [1.165, 1.54) is 11.3 Å². The van der Waals surface area contributed by atoms with E-state index in [2.05, 4.69) is 16.0 Å². The summed E-state index contributed by atoms with van der Waals surface area (Å²) in [5.74, 6) is 0.922. The summed E-state index contributed by atoms with van der Waals surface area (Å²) in [6.45, 7) is 4.77. The molecule has 37 heavy (non-hydrogen) atoms. The Morgan fingerprint density at radius 1 is 1.30 bits per heavy atom. The molecule has 1 aromatic carbocycles. The van der Waals surface area contributed by atoms with Crippen LogP contribution in [0.15, 0.2) is 36.0 Å². The van der Waals surface area contributed by atoms with Crippen LogP contribution in [0.2, 0.25) is 0 Å². The Balaban J connectivity index is 1.49. The van der Waals surface area contributed by atoms with Crippen LogP contribution in [0.3, 0.4) is 0 Å². The van der Waals surface area contributed by atoms with Crippen LogP contribution in [-0.2, 0) is 28.8 Å². The minimum absolute atomic E-state index is 0.0821. The van der Waals surface area contributed by atoms with E-state index in [4.69, 9.17) is 20.6 Å². The highest BCUT2D eigenvalue weighted by Crippen LogP contribution is 2.41. The van der Waals surface area contributed by atoms with Crippen molar-refractivity contribution in [3.8, 4) is 5.75 Å². The number of benzene rings is 1. The number of likely N-dealkylation sites (N-methyl/N-ethyl adjacent to an activating group) is 1. The number of anilines is 2. The molecule has 2 aromatic rings. The van der Waals surface area contributed by atoms with Gasteiger partial charge in [0.15, 0.2) is 0 Å². The molecule has 200 valence electrons. The molecule has 9 nitrogen and oxygen atoms in total. The zero-order valence-electron chi connectivity index (χ0n) is 21.7. The molecule has 0 saturated heterocycles. The lowest BCUT2D eigenvalue weighted by Gasteiger charge is -2.22. The number of amides is 2. The van der Waals surface area contributed by atoms with Crippen molar-refractivity contribution in [2.45, 2.75) is 46.0 Å². The zero-order chi connectivity index (χ0) is 26.8. The van der Waals surface area contributed by atoms with Crippen LogP contribution in [0.4, 0.5) is 15.5 Å². The molecule has 0 saturated carbocycles. The predicted octanol–water partition coefficient (Wildman–Crippen LogP) is 4.27. The van der Waals surface area contributed by atoms with Crippen molar-refractivity contribution in [3.05, 3.63) is 52.0 Å². The second kappa shape index (κ2) is 13.7. The van der Waals surface area contributed by atoms with Crippen molar-refractivity contribution < 1.29 is 19.1 Å². The highest BCUT2D eigenvalue weighted by atomic mass is 32.1. The lowest BCUT2D eigenvalue weighted by Crippen LogP contribution is -2.31. The SMILES string of the molecule is CCOc1ccccc1CCC(=O)Nc1sc2c(c1N)CCC(COC(=O)NC/C(=C/C(C)=N)NC)C2. The molecule has 1 aromatic heterocycles. The summed E-state index contributed by atoms with van der Waals surface area (Å²) >= 11 is 1.51. The van der Waals surface area contributed by atoms with Crippen molar-refractivity contribution in [1.82, 2.24) is 10.6 Å². The number of aryl methyl sites for hydroxylation is 1. The normalized spacial score (nSPS) is 14.9. The molecule has 0 bridgehead atoms. The van der Waals surface area contributed by atoms with Crippen LogP contribution < -0.4 is 26.4 Å². The highest BCUT2D eigenvalue weighted by Gasteiger charge is 2.26. The molecule has 1 aliphatic rings. The standard InChI is InChI=1S/C27H37N5O4S/c1-4-35-22-8-6-5-7-19(22)10-12-24(33)32-26-25(29)21-11-9-18(14-23(21)37-26)16-36-27(34)31-15-20(30-3)13-17(2)28/h5-8,13,18,28,30H,4,9-12,14-16,29H2,1-3H3,(H,31,34)(H,32,33)/b20-13-,28-17?. The Morgan fingerprint density at radius 3 is 2.81 bits per heavy atom. The molecule has 10 heteroatoms. The van der Waals surface area contributed by atoms with Crippen molar-refractivity contribution >= 4 is 39.7 Å². The van der Waals surface area contributed by atoms with Gasteiger partial charge in [0.2, 0.25) is 5.91 Å². The fraction of sp³-hybridized carbons (Fsp3) is 0.444. The molecule has 1 heterocycles. The van der Waals surface area contributed by atoms with E-state index in [0.717, 1.165) is 46.7 Å². The Bertz CT molecular complexity index is 1140. The first-order valence-corrected chi connectivity index (χ1v) is 13.4. The number of alkyl carbamates (subject to hydrolysis) is 1. The third-order valence-electron chi connectivity index (χ3n) is 6.14. The summed E-state index contributed by atoms with van der Waals surface area (Å²) < 4.78 is 11.1. The van der Waals surface area contributed by atoms with Gasteiger partial charge in [0, 0.05) is 29.8 Å². The number of para-hydroxylation sites is 1. The topological polar surface area (TPSA) is 139 Å². The van der Waals surface area contributed by atoms with Crippen LogP contribution in [0.1, 0.15) is 42.7 Å². The largest absolute Gasteiger partial charge is 0.494 e. The maximum Gasteiger partial charge on any atom is 0.407 e. The second-order valence-electron chi connectivity index (χ2n) is 9.00. The number of allylic oxidation sites excluding steroid dienone is 1. The number of rotatable bonds is 12. The average molecular weight is 528 g/mol. The predicted molar refractivity (Wildman–Crippen MR) is 149 cm³/mol. The van der Waals surface area contributed by atoms with Gasteiger partial charge in [-0.2, -0.15) is 0 Å². The molecule has 0 radical (unpaired) electrons. The number of ether oxygens (including phenoxy) is 2. The van der Waals surface area contributed by atoms with E-state index >= 15 is 0 Å². The Hall–Kier alpha value is -3.53.